The van der Waals surface area contributed by atoms with Crippen molar-refractivity contribution in [3.63, 3.8) is 0 Å². The average Bonchev–Trinajstić information content (AvgIpc) is 2.34. The van der Waals surface area contributed by atoms with Crippen molar-refractivity contribution in [1.82, 2.24) is 10.2 Å². The Hall–Kier alpha value is -0.860. The summed E-state index contributed by atoms with van der Waals surface area (Å²) in [5.74, 6) is 0.738. The molecule has 0 bridgehead atoms. The first-order chi connectivity index (χ1) is 9.39. The SMILES string of the molecule is C[C@H](CCNCC(C)(C)CN(C)C)Cc1ccccc1. The van der Waals surface area contributed by atoms with Crippen molar-refractivity contribution in [3.05, 3.63) is 35.9 Å². The van der Waals surface area contributed by atoms with Crippen LogP contribution in [0.1, 0.15) is 32.8 Å². The lowest BCUT2D eigenvalue weighted by atomic mass is 9.92. The van der Waals surface area contributed by atoms with Crippen molar-refractivity contribution in [2.24, 2.45) is 11.3 Å². The third-order valence-electron chi connectivity index (χ3n) is 3.59. The molecule has 1 aromatic carbocycles. The van der Waals surface area contributed by atoms with Crippen LogP contribution < -0.4 is 5.32 Å². The molecule has 0 saturated heterocycles. The Bertz CT molecular complexity index is 357. The zero-order chi connectivity index (χ0) is 15.0. The fourth-order valence-electron chi connectivity index (χ4n) is 2.81. The van der Waals surface area contributed by atoms with Crippen LogP contribution in [0.4, 0.5) is 0 Å². The van der Waals surface area contributed by atoms with E-state index >= 15 is 0 Å². The van der Waals surface area contributed by atoms with Crippen molar-refractivity contribution < 1.29 is 0 Å². The van der Waals surface area contributed by atoms with Crippen molar-refractivity contribution in [1.29, 1.82) is 0 Å². The highest BCUT2D eigenvalue weighted by Crippen LogP contribution is 2.15. The lowest BCUT2D eigenvalue weighted by molar-refractivity contribution is 0.231. The van der Waals surface area contributed by atoms with Crippen molar-refractivity contribution in [3.8, 4) is 0 Å². The van der Waals surface area contributed by atoms with Crippen LogP contribution in [0.2, 0.25) is 0 Å². The largest absolute Gasteiger partial charge is 0.316 e. The number of nitrogens with one attached hydrogen (secondary N) is 1. The second-order valence-electron chi connectivity index (χ2n) is 7.16. The standard InChI is InChI=1S/C18H32N2/c1-16(13-17-9-7-6-8-10-17)11-12-19-14-18(2,3)15-20(4)5/h6-10,16,19H,11-15H2,1-5H3/t16-/m1/s1. The van der Waals surface area contributed by atoms with Gasteiger partial charge in [0.05, 0.1) is 0 Å². The van der Waals surface area contributed by atoms with E-state index in [9.17, 15) is 0 Å². The average molecular weight is 276 g/mol. The van der Waals surface area contributed by atoms with Crippen molar-refractivity contribution >= 4 is 0 Å². The normalized spacial score (nSPS) is 13.7. The molecular weight excluding hydrogens is 244 g/mol. The Labute approximate surface area is 125 Å². The molecule has 0 fully saturated rings. The smallest absolute Gasteiger partial charge is 0.00387 e. The molecule has 0 radical (unpaired) electrons. The van der Waals surface area contributed by atoms with E-state index in [4.69, 9.17) is 0 Å². The molecule has 0 spiro atoms. The second kappa shape index (κ2) is 8.43. The van der Waals surface area contributed by atoms with Crippen LogP contribution >= 0.6 is 0 Å². The van der Waals surface area contributed by atoms with Gasteiger partial charge in [-0.2, -0.15) is 0 Å². The minimum absolute atomic E-state index is 0.339. The molecule has 114 valence electrons. The number of benzene rings is 1. The van der Waals surface area contributed by atoms with Crippen molar-refractivity contribution in [2.45, 2.75) is 33.6 Å². The van der Waals surface area contributed by atoms with E-state index in [0.717, 1.165) is 25.6 Å². The minimum atomic E-state index is 0.339. The molecule has 1 rings (SSSR count). The first-order valence-electron chi connectivity index (χ1n) is 7.78. The van der Waals surface area contributed by atoms with E-state index in [-0.39, 0.29) is 0 Å². The number of rotatable bonds is 9. The van der Waals surface area contributed by atoms with Crippen LogP contribution in [-0.2, 0) is 6.42 Å². The summed E-state index contributed by atoms with van der Waals surface area (Å²) in [6.07, 6.45) is 2.43. The van der Waals surface area contributed by atoms with Crippen LogP contribution in [0.5, 0.6) is 0 Å². The molecule has 0 unspecified atom stereocenters. The Balaban J connectivity index is 2.17. The van der Waals surface area contributed by atoms with Crippen LogP contribution in [-0.4, -0.2) is 38.6 Å². The van der Waals surface area contributed by atoms with Gasteiger partial charge < -0.3 is 10.2 Å². The topological polar surface area (TPSA) is 15.3 Å². The van der Waals surface area contributed by atoms with Crippen LogP contribution in [0.15, 0.2) is 30.3 Å². The Morgan fingerprint density at radius 3 is 2.40 bits per heavy atom. The molecule has 0 saturated carbocycles. The van der Waals surface area contributed by atoms with E-state index in [0.29, 0.717) is 5.41 Å². The lowest BCUT2D eigenvalue weighted by Crippen LogP contribution is -2.38. The quantitative estimate of drug-likeness (QED) is 0.695. The maximum absolute atomic E-state index is 3.62. The molecule has 2 heteroatoms. The molecule has 0 aliphatic rings. The zero-order valence-electron chi connectivity index (χ0n) is 13.9. The van der Waals surface area contributed by atoms with Gasteiger partial charge >= 0.3 is 0 Å². The summed E-state index contributed by atoms with van der Waals surface area (Å²) in [5, 5.41) is 3.62. The molecule has 0 aliphatic carbocycles. The Morgan fingerprint density at radius 1 is 1.15 bits per heavy atom. The monoisotopic (exact) mass is 276 g/mol. The summed E-state index contributed by atoms with van der Waals surface area (Å²) in [6.45, 7) is 10.3. The van der Waals surface area contributed by atoms with E-state index in [2.05, 4.69) is 75.4 Å². The van der Waals surface area contributed by atoms with Crippen molar-refractivity contribution in [2.75, 3.05) is 33.7 Å². The van der Waals surface area contributed by atoms with Crippen LogP contribution in [0.3, 0.4) is 0 Å². The maximum Gasteiger partial charge on any atom is 0.00387 e. The van der Waals surface area contributed by atoms with Gasteiger partial charge in [-0.1, -0.05) is 51.1 Å². The highest BCUT2D eigenvalue weighted by atomic mass is 15.1. The third kappa shape index (κ3) is 7.66. The van der Waals surface area contributed by atoms with Crippen LogP contribution in [0, 0.1) is 11.3 Å². The molecule has 0 heterocycles. The molecule has 1 atom stereocenters. The van der Waals surface area contributed by atoms with E-state index in [1.165, 1.54) is 18.4 Å². The molecule has 1 aromatic rings. The first-order valence-corrected chi connectivity index (χ1v) is 7.78. The summed E-state index contributed by atoms with van der Waals surface area (Å²) in [4.78, 5) is 2.26. The van der Waals surface area contributed by atoms with Gasteiger partial charge in [0, 0.05) is 13.1 Å². The molecule has 20 heavy (non-hydrogen) atoms. The molecule has 2 nitrogen and oxygen atoms in total. The van der Waals surface area contributed by atoms with E-state index < -0.39 is 0 Å². The lowest BCUT2D eigenvalue weighted by Gasteiger charge is -2.28. The number of nitrogens with zero attached hydrogens (tertiary/aromatic N) is 1. The molecule has 0 aliphatic heterocycles. The third-order valence-corrected chi connectivity index (χ3v) is 3.59. The molecule has 1 N–H and O–H groups in total. The fraction of sp³-hybridized carbons (Fsp3) is 0.667. The van der Waals surface area contributed by atoms with E-state index in [1.54, 1.807) is 0 Å². The zero-order valence-corrected chi connectivity index (χ0v) is 13.9. The van der Waals surface area contributed by atoms with Gasteiger partial charge in [0.2, 0.25) is 0 Å². The van der Waals surface area contributed by atoms with Gasteiger partial charge in [-0.3, -0.25) is 0 Å². The van der Waals surface area contributed by atoms with Gasteiger partial charge in [0.25, 0.3) is 0 Å². The van der Waals surface area contributed by atoms with Gasteiger partial charge in [-0.05, 0) is 50.4 Å². The molecule has 0 amide bonds. The number of hydrogen-bond acceptors (Lipinski definition) is 2. The number of hydrogen-bond donors (Lipinski definition) is 1. The highest BCUT2D eigenvalue weighted by molar-refractivity contribution is 5.15. The summed E-state index contributed by atoms with van der Waals surface area (Å²) in [5.41, 5.74) is 1.79. The fourth-order valence-corrected chi connectivity index (χ4v) is 2.81. The first kappa shape index (κ1) is 17.2. The van der Waals surface area contributed by atoms with Crippen LogP contribution in [0.25, 0.3) is 0 Å². The maximum atomic E-state index is 3.62. The summed E-state index contributed by atoms with van der Waals surface area (Å²) >= 11 is 0. The predicted molar refractivity (Wildman–Crippen MR) is 89.1 cm³/mol. The Kier molecular flexibility index (Phi) is 7.25. The summed E-state index contributed by atoms with van der Waals surface area (Å²) in [7, 11) is 4.29. The van der Waals surface area contributed by atoms with Gasteiger partial charge in [0.15, 0.2) is 0 Å². The van der Waals surface area contributed by atoms with Gasteiger partial charge in [0.1, 0.15) is 0 Å². The second-order valence-corrected chi connectivity index (χ2v) is 7.16. The molecular formula is C18H32N2. The van der Waals surface area contributed by atoms with E-state index in [1.807, 2.05) is 0 Å². The van der Waals surface area contributed by atoms with Gasteiger partial charge in [-0.25, -0.2) is 0 Å². The summed E-state index contributed by atoms with van der Waals surface area (Å²) < 4.78 is 0. The Morgan fingerprint density at radius 2 is 1.80 bits per heavy atom. The predicted octanol–water partition coefficient (Wildman–Crippen LogP) is 3.43. The van der Waals surface area contributed by atoms with Gasteiger partial charge in [-0.15, -0.1) is 0 Å². The minimum Gasteiger partial charge on any atom is -0.316 e. The summed E-state index contributed by atoms with van der Waals surface area (Å²) in [6, 6.07) is 10.8. The molecule has 0 aromatic heterocycles. The highest BCUT2D eigenvalue weighted by Gasteiger charge is 2.18.